The van der Waals surface area contributed by atoms with Crippen molar-refractivity contribution in [2.45, 2.75) is 6.61 Å². The third kappa shape index (κ3) is 4.66. The SMILES string of the molecule is COCc1cccc(C(=O)C(C#N)C(=O)Nc2cccc(OC)c2)c1. The van der Waals surface area contributed by atoms with Crippen molar-refractivity contribution >= 4 is 17.4 Å². The largest absolute Gasteiger partial charge is 0.497 e. The van der Waals surface area contributed by atoms with E-state index in [4.69, 9.17) is 9.47 Å². The molecule has 128 valence electrons. The molecule has 2 aromatic rings. The molecule has 0 radical (unpaired) electrons. The second kappa shape index (κ2) is 8.62. The number of hydrogen-bond donors (Lipinski definition) is 1. The summed E-state index contributed by atoms with van der Waals surface area (Å²) in [4.78, 5) is 24.9. The van der Waals surface area contributed by atoms with Gasteiger partial charge in [0.05, 0.1) is 19.8 Å². The van der Waals surface area contributed by atoms with Gasteiger partial charge in [0.25, 0.3) is 0 Å². The first kappa shape index (κ1) is 18.2. The van der Waals surface area contributed by atoms with Crippen LogP contribution >= 0.6 is 0 Å². The van der Waals surface area contributed by atoms with E-state index >= 15 is 0 Å². The molecule has 0 aliphatic rings. The molecule has 6 nitrogen and oxygen atoms in total. The van der Waals surface area contributed by atoms with Gasteiger partial charge in [-0.15, -0.1) is 0 Å². The van der Waals surface area contributed by atoms with Crippen molar-refractivity contribution in [3.63, 3.8) is 0 Å². The summed E-state index contributed by atoms with van der Waals surface area (Å²) in [6.07, 6.45) is 0. The van der Waals surface area contributed by atoms with Crippen LogP contribution < -0.4 is 10.1 Å². The lowest BCUT2D eigenvalue weighted by Crippen LogP contribution is -2.28. The number of benzene rings is 2. The quantitative estimate of drug-likeness (QED) is 0.619. The highest BCUT2D eigenvalue weighted by atomic mass is 16.5. The molecule has 0 aromatic heterocycles. The van der Waals surface area contributed by atoms with Crippen LogP contribution in [0.5, 0.6) is 5.75 Å². The Hall–Kier alpha value is -3.17. The highest BCUT2D eigenvalue weighted by molar-refractivity contribution is 6.15. The minimum Gasteiger partial charge on any atom is -0.497 e. The van der Waals surface area contributed by atoms with Crippen molar-refractivity contribution < 1.29 is 19.1 Å². The van der Waals surface area contributed by atoms with E-state index < -0.39 is 17.6 Å². The summed E-state index contributed by atoms with van der Waals surface area (Å²) >= 11 is 0. The average Bonchev–Trinajstić information content (AvgIpc) is 2.63. The Kier molecular flexibility index (Phi) is 6.26. The van der Waals surface area contributed by atoms with Crippen LogP contribution in [-0.4, -0.2) is 25.9 Å². The van der Waals surface area contributed by atoms with Gasteiger partial charge in [-0.1, -0.05) is 24.3 Å². The molecule has 6 heteroatoms. The van der Waals surface area contributed by atoms with E-state index in [1.54, 1.807) is 61.7 Å². The van der Waals surface area contributed by atoms with Crippen LogP contribution in [0.3, 0.4) is 0 Å². The number of ketones is 1. The number of nitrogens with zero attached hydrogens (tertiary/aromatic N) is 1. The second-order valence-electron chi connectivity index (χ2n) is 5.28. The second-order valence-corrected chi connectivity index (χ2v) is 5.28. The molecule has 1 unspecified atom stereocenters. The van der Waals surface area contributed by atoms with Gasteiger partial charge in [-0.2, -0.15) is 5.26 Å². The number of rotatable bonds is 7. The molecule has 0 fully saturated rings. The summed E-state index contributed by atoms with van der Waals surface area (Å²) in [5, 5.41) is 11.9. The molecule has 0 heterocycles. The maximum Gasteiger partial charge on any atom is 0.249 e. The third-order valence-corrected chi connectivity index (χ3v) is 3.51. The van der Waals surface area contributed by atoms with Gasteiger partial charge in [0.1, 0.15) is 5.75 Å². The van der Waals surface area contributed by atoms with Crippen molar-refractivity contribution in [1.29, 1.82) is 5.26 Å². The molecule has 0 aliphatic heterocycles. The molecule has 1 atom stereocenters. The number of anilines is 1. The molecule has 1 amide bonds. The van der Waals surface area contributed by atoms with Crippen molar-refractivity contribution in [2.24, 2.45) is 5.92 Å². The predicted molar refractivity (Wildman–Crippen MR) is 92.2 cm³/mol. The van der Waals surface area contributed by atoms with Crippen LogP contribution in [0.25, 0.3) is 0 Å². The number of Topliss-reactive ketones (excluding diaryl/α,β-unsaturated/α-hetero) is 1. The first-order valence-corrected chi connectivity index (χ1v) is 7.55. The van der Waals surface area contributed by atoms with Gasteiger partial charge >= 0.3 is 0 Å². The van der Waals surface area contributed by atoms with E-state index in [-0.39, 0.29) is 0 Å². The fourth-order valence-corrected chi connectivity index (χ4v) is 2.30. The summed E-state index contributed by atoms with van der Waals surface area (Å²) in [5.41, 5.74) is 1.53. The smallest absolute Gasteiger partial charge is 0.249 e. The van der Waals surface area contributed by atoms with Crippen LogP contribution in [0.1, 0.15) is 15.9 Å². The lowest BCUT2D eigenvalue weighted by atomic mass is 9.96. The Balaban J connectivity index is 2.17. The van der Waals surface area contributed by atoms with E-state index in [0.717, 1.165) is 5.56 Å². The summed E-state index contributed by atoms with van der Waals surface area (Å²) < 4.78 is 10.1. The lowest BCUT2D eigenvalue weighted by Gasteiger charge is -2.11. The van der Waals surface area contributed by atoms with Crippen LogP contribution in [0.4, 0.5) is 5.69 Å². The third-order valence-electron chi connectivity index (χ3n) is 3.51. The zero-order valence-corrected chi connectivity index (χ0v) is 14.0. The molecular weight excluding hydrogens is 320 g/mol. The highest BCUT2D eigenvalue weighted by Gasteiger charge is 2.27. The molecular formula is C19H18N2O4. The minimum absolute atomic E-state index is 0.293. The first-order valence-electron chi connectivity index (χ1n) is 7.55. The fraction of sp³-hybridized carbons (Fsp3) is 0.211. The van der Waals surface area contributed by atoms with Gasteiger partial charge in [0.2, 0.25) is 5.91 Å². The number of amides is 1. The fourth-order valence-electron chi connectivity index (χ4n) is 2.30. The van der Waals surface area contributed by atoms with E-state index in [1.807, 2.05) is 0 Å². The molecule has 1 N–H and O–H groups in total. The lowest BCUT2D eigenvalue weighted by molar-refractivity contribution is -0.117. The Morgan fingerprint density at radius 1 is 1.16 bits per heavy atom. The normalized spacial score (nSPS) is 11.2. The van der Waals surface area contributed by atoms with Crippen LogP contribution in [0.2, 0.25) is 0 Å². The zero-order valence-electron chi connectivity index (χ0n) is 14.0. The molecule has 0 saturated heterocycles. The van der Waals surface area contributed by atoms with E-state index in [9.17, 15) is 14.9 Å². The number of carbonyl (C=O) groups excluding carboxylic acids is 2. The summed E-state index contributed by atoms with van der Waals surface area (Å²) in [7, 11) is 3.06. The Morgan fingerprint density at radius 3 is 2.60 bits per heavy atom. The van der Waals surface area contributed by atoms with Gasteiger partial charge in [-0.25, -0.2) is 0 Å². The van der Waals surface area contributed by atoms with E-state index in [0.29, 0.717) is 23.6 Å². The van der Waals surface area contributed by atoms with Crippen molar-refractivity contribution in [3.05, 3.63) is 59.7 Å². The minimum atomic E-state index is -1.44. The average molecular weight is 338 g/mol. The van der Waals surface area contributed by atoms with Gasteiger partial charge < -0.3 is 14.8 Å². The Bertz CT molecular complexity index is 811. The van der Waals surface area contributed by atoms with Gasteiger partial charge in [-0.3, -0.25) is 9.59 Å². The number of nitrogens with one attached hydrogen (secondary N) is 1. The molecule has 2 aromatic carbocycles. The maximum atomic E-state index is 12.5. The van der Waals surface area contributed by atoms with Crippen molar-refractivity contribution in [3.8, 4) is 11.8 Å². The monoisotopic (exact) mass is 338 g/mol. The number of ether oxygens (including phenoxy) is 2. The standard InChI is InChI=1S/C19H18N2O4/c1-24-12-13-5-3-6-14(9-13)18(22)17(11-20)19(23)21-15-7-4-8-16(10-15)25-2/h3-10,17H,12H2,1-2H3,(H,21,23). The maximum absolute atomic E-state index is 12.5. The molecule has 0 saturated carbocycles. The van der Waals surface area contributed by atoms with E-state index in [1.165, 1.54) is 7.11 Å². The summed E-state index contributed by atoms with van der Waals surface area (Å²) in [5.74, 6) is -2.12. The van der Waals surface area contributed by atoms with Crippen LogP contribution in [0, 0.1) is 17.2 Å². The molecule has 0 aliphatic carbocycles. The van der Waals surface area contributed by atoms with Crippen molar-refractivity contribution in [2.75, 3.05) is 19.5 Å². The molecule has 25 heavy (non-hydrogen) atoms. The molecule has 0 spiro atoms. The Labute approximate surface area is 146 Å². The Morgan fingerprint density at radius 2 is 1.92 bits per heavy atom. The summed E-state index contributed by atoms with van der Waals surface area (Å²) in [6.45, 7) is 0.342. The number of carbonyl (C=O) groups is 2. The van der Waals surface area contributed by atoms with Gasteiger partial charge in [0, 0.05) is 24.4 Å². The molecule has 2 rings (SSSR count). The predicted octanol–water partition coefficient (Wildman–Crippen LogP) is 2.80. The highest BCUT2D eigenvalue weighted by Crippen LogP contribution is 2.19. The number of nitriles is 1. The van der Waals surface area contributed by atoms with Crippen molar-refractivity contribution in [1.82, 2.24) is 0 Å². The topological polar surface area (TPSA) is 88.4 Å². The zero-order chi connectivity index (χ0) is 18.2. The van der Waals surface area contributed by atoms with Gasteiger partial charge in [0.15, 0.2) is 11.7 Å². The molecule has 0 bridgehead atoms. The van der Waals surface area contributed by atoms with E-state index in [2.05, 4.69) is 5.32 Å². The summed E-state index contributed by atoms with van der Waals surface area (Å²) in [6, 6.07) is 15.1. The van der Waals surface area contributed by atoms with Crippen LogP contribution in [-0.2, 0) is 16.1 Å². The van der Waals surface area contributed by atoms with Gasteiger partial charge in [-0.05, 0) is 23.8 Å². The number of methoxy groups -OCH3 is 2. The first-order chi connectivity index (χ1) is 12.1. The van der Waals surface area contributed by atoms with Crippen LogP contribution in [0.15, 0.2) is 48.5 Å². The number of hydrogen-bond acceptors (Lipinski definition) is 5.